The van der Waals surface area contributed by atoms with Gasteiger partial charge in [0.15, 0.2) is 0 Å². The monoisotopic (exact) mass is 320 g/mol. The van der Waals surface area contributed by atoms with Crippen LogP contribution in [0.2, 0.25) is 5.02 Å². The minimum atomic E-state index is -0.258. The highest BCUT2D eigenvalue weighted by molar-refractivity contribution is 6.33. The maximum absolute atomic E-state index is 11.9. The maximum atomic E-state index is 11.9. The third-order valence-corrected chi connectivity index (χ3v) is 3.94. The van der Waals surface area contributed by atoms with Crippen molar-refractivity contribution in [2.75, 3.05) is 11.9 Å². The molecule has 2 rings (SSSR count). The summed E-state index contributed by atoms with van der Waals surface area (Å²) in [5.41, 5.74) is 3.98. The summed E-state index contributed by atoms with van der Waals surface area (Å²) in [5, 5.41) is 10.6. The number of para-hydroxylation sites is 1. The van der Waals surface area contributed by atoms with Crippen LogP contribution in [0.3, 0.4) is 0 Å². The topological polar surface area (TPSA) is 59.0 Å². The summed E-state index contributed by atoms with van der Waals surface area (Å²) in [4.78, 5) is 11.9. The molecule has 1 aromatic heterocycles. The van der Waals surface area contributed by atoms with Gasteiger partial charge in [0.1, 0.15) is 0 Å². The average Bonchev–Trinajstić information content (AvgIpc) is 2.77. The van der Waals surface area contributed by atoms with Gasteiger partial charge < -0.3 is 10.6 Å². The number of aromatic nitrogens is 2. The third-order valence-electron chi connectivity index (χ3n) is 3.61. The lowest BCUT2D eigenvalue weighted by molar-refractivity contribution is 0.252. The van der Waals surface area contributed by atoms with Gasteiger partial charge in [-0.15, -0.1) is 0 Å². The Balaban J connectivity index is 1.88. The predicted octanol–water partition coefficient (Wildman–Crippen LogP) is 3.54. The van der Waals surface area contributed by atoms with Crippen molar-refractivity contribution in [2.45, 2.75) is 33.7 Å². The van der Waals surface area contributed by atoms with Crippen LogP contribution in [0.4, 0.5) is 10.5 Å². The fourth-order valence-corrected chi connectivity index (χ4v) is 2.62. The largest absolute Gasteiger partial charge is 0.338 e. The van der Waals surface area contributed by atoms with Crippen molar-refractivity contribution in [3.05, 3.63) is 46.2 Å². The molecule has 2 N–H and O–H groups in total. The van der Waals surface area contributed by atoms with Crippen molar-refractivity contribution in [3.8, 4) is 0 Å². The van der Waals surface area contributed by atoms with Crippen LogP contribution in [0.5, 0.6) is 0 Å². The minimum Gasteiger partial charge on any atom is -0.338 e. The predicted molar refractivity (Wildman–Crippen MR) is 89.6 cm³/mol. The van der Waals surface area contributed by atoms with Crippen molar-refractivity contribution >= 4 is 23.3 Å². The van der Waals surface area contributed by atoms with Gasteiger partial charge in [-0.1, -0.05) is 23.7 Å². The van der Waals surface area contributed by atoms with Crippen LogP contribution in [0, 0.1) is 13.8 Å². The first kappa shape index (κ1) is 16.4. The van der Waals surface area contributed by atoms with Gasteiger partial charge in [0.05, 0.1) is 16.4 Å². The molecule has 0 saturated heterocycles. The Bertz CT molecular complexity index is 666. The summed E-state index contributed by atoms with van der Waals surface area (Å²) >= 11 is 6.01. The Morgan fingerprint density at radius 2 is 2.05 bits per heavy atom. The molecule has 0 bridgehead atoms. The summed E-state index contributed by atoms with van der Waals surface area (Å²) in [7, 11) is 0. The second kappa shape index (κ2) is 7.31. The van der Waals surface area contributed by atoms with Gasteiger partial charge in [0.2, 0.25) is 0 Å². The van der Waals surface area contributed by atoms with Gasteiger partial charge >= 0.3 is 6.03 Å². The fourth-order valence-electron chi connectivity index (χ4n) is 2.43. The number of hydrogen-bond donors (Lipinski definition) is 2. The number of halogens is 1. The van der Waals surface area contributed by atoms with Crippen LogP contribution in [0.25, 0.3) is 0 Å². The molecule has 22 heavy (non-hydrogen) atoms. The number of carbonyl (C=O) groups excluding carboxylic acids is 1. The Kier molecular flexibility index (Phi) is 5.44. The molecule has 0 radical (unpaired) electrons. The quantitative estimate of drug-likeness (QED) is 0.885. The summed E-state index contributed by atoms with van der Waals surface area (Å²) in [5.74, 6) is 0. The average molecular weight is 321 g/mol. The molecule has 6 heteroatoms. The van der Waals surface area contributed by atoms with Crippen LogP contribution in [-0.4, -0.2) is 22.4 Å². The molecule has 1 heterocycles. The summed E-state index contributed by atoms with van der Waals surface area (Å²) in [6, 6.07) is 6.89. The van der Waals surface area contributed by atoms with E-state index < -0.39 is 0 Å². The lowest BCUT2D eigenvalue weighted by Crippen LogP contribution is -2.30. The molecule has 0 aliphatic carbocycles. The van der Waals surface area contributed by atoms with Gasteiger partial charge in [-0.3, -0.25) is 4.68 Å². The highest BCUT2D eigenvalue weighted by atomic mass is 35.5. The van der Waals surface area contributed by atoms with E-state index in [1.165, 1.54) is 5.56 Å². The number of anilines is 1. The number of rotatable bonds is 5. The lowest BCUT2D eigenvalue weighted by Gasteiger charge is -2.09. The number of benzene rings is 1. The summed E-state index contributed by atoms with van der Waals surface area (Å²) < 4.78 is 1.98. The Hall–Kier alpha value is -2.01. The van der Waals surface area contributed by atoms with Crippen molar-refractivity contribution in [1.82, 2.24) is 15.1 Å². The molecule has 2 aromatic rings. The zero-order valence-corrected chi connectivity index (χ0v) is 13.9. The Morgan fingerprint density at radius 1 is 1.32 bits per heavy atom. The Labute approximate surface area is 135 Å². The van der Waals surface area contributed by atoms with Crippen molar-refractivity contribution in [2.24, 2.45) is 0 Å². The van der Waals surface area contributed by atoms with Crippen molar-refractivity contribution in [1.29, 1.82) is 0 Å². The first-order chi connectivity index (χ1) is 10.5. The smallest absolute Gasteiger partial charge is 0.319 e. The molecule has 1 aromatic carbocycles. The molecule has 118 valence electrons. The van der Waals surface area contributed by atoms with Crippen LogP contribution in [-0.2, 0) is 13.0 Å². The zero-order chi connectivity index (χ0) is 16.1. The molecule has 0 spiro atoms. The summed E-state index contributed by atoms with van der Waals surface area (Å²) in [6.45, 7) is 7.53. The molecular formula is C16H21ClN4O. The van der Waals surface area contributed by atoms with Crippen LogP contribution < -0.4 is 10.6 Å². The van der Waals surface area contributed by atoms with Gasteiger partial charge in [-0.2, -0.15) is 5.10 Å². The van der Waals surface area contributed by atoms with E-state index in [-0.39, 0.29) is 6.03 Å². The summed E-state index contributed by atoms with van der Waals surface area (Å²) in [6.07, 6.45) is 0.758. The van der Waals surface area contributed by atoms with Crippen molar-refractivity contribution in [3.63, 3.8) is 0 Å². The number of aryl methyl sites for hydroxylation is 2. The maximum Gasteiger partial charge on any atom is 0.319 e. The van der Waals surface area contributed by atoms with E-state index in [1.807, 2.05) is 23.7 Å². The Morgan fingerprint density at radius 3 is 2.68 bits per heavy atom. The van der Waals surface area contributed by atoms with Crippen LogP contribution in [0.15, 0.2) is 24.3 Å². The van der Waals surface area contributed by atoms with Gasteiger partial charge in [-0.25, -0.2) is 4.79 Å². The van der Waals surface area contributed by atoms with Gasteiger partial charge in [-0.05, 0) is 44.9 Å². The highest BCUT2D eigenvalue weighted by Crippen LogP contribution is 2.20. The number of amides is 2. The third kappa shape index (κ3) is 3.80. The van der Waals surface area contributed by atoms with Gasteiger partial charge in [0, 0.05) is 18.8 Å². The molecule has 2 amide bonds. The number of urea groups is 1. The zero-order valence-electron chi connectivity index (χ0n) is 13.1. The number of nitrogens with one attached hydrogen (secondary N) is 2. The van der Waals surface area contributed by atoms with Crippen molar-refractivity contribution < 1.29 is 4.79 Å². The molecular weight excluding hydrogens is 300 g/mol. The normalized spacial score (nSPS) is 10.5. The van der Waals surface area contributed by atoms with Gasteiger partial charge in [0.25, 0.3) is 0 Å². The van der Waals surface area contributed by atoms with E-state index in [9.17, 15) is 4.79 Å². The van der Waals surface area contributed by atoms with E-state index in [0.717, 1.165) is 24.4 Å². The molecule has 0 fully saturated rings. The molecule has 0 unspecified atom stereocenters. The molecule has 0 atom stereocenters. The van der Waals surface area contributed by atoms with E-state index in [4.69, 9.17) is 11.6 Å². The minimum absolute atomic E-state index is 0.258. The second-order valence-electron chi connectivity index (χ2n) is 5.08. The van der Waals surface area contributed by atoms with E-state index in [1.54, 1.807) is 12.1 Å². The second-order valence-corrected chi connectivity index (χ2v) is 5.48. The van der Waals surface area contributed by atoms with Crippen LogP contribution >= 0.6 is 11.6 Å². The lowest BCUT2D eigenvalue weighted by atomic mass is 10.1. The number of carbonyl (C=O) groups is 1. The van der Waals surface area contributed by atoms with E-state index in [0.29, 0.717) is 17.3 Å². The molecule has 0 aliphatic rings. The van der Waals surface area contributed by atoms with E-state index in [2.05, 4.69) is 29.6 Å². The number of hydrogen-bond acceptors (Lipinski definition) is 2. The fraction of sp³-hybridized carbons (Fsp3) is 0.375. The number of nitrogens with zero attached hydrogens (tertiary/aromatic N) is 2. The SMILES string of the molecule is CCn1nc(C)c(CCNC(=O)Nc2ccccc2Cl)c1C. The molecule has 0 aliphatic heterocycles. The van der Waals surface area contributed by atoms with Crippen LogP contribution in [0.1, 0.15) is 23.9 Å². The standard InChI is InChI=1S/C16H21ClN4O/c1-4-21-12(3)13(11(2)20-21)9-10-18-16(22)19-15-8-6-5-7-14(15)17/h5-8H,4,9-10H2,1-3H3,(H2,18,19,22). The van der Waals surface area contributed by atoms with E-state index >= 15 is 0 Å². The first-order valence-electron chi connectivity index (χ1n) is 7.35. The molecule has 0 saturated carbocycles. The first-order valence-corrected chi connectivity index (χ1v) is 7.73. The molecule has 5 nitrogen and oxygen atoms in total. The highest BCUT2D eigenvalue weighted by Gasteiger charge is 2.11.